The van der Waals surface area contributed by atoms with Gasteiger partial charge in [-0.1, -0.05) is 30.3 Å². The third-order valence-electron chi connectivity index (χ3n) is 1.71. The highest BCUT2D eigenvalue weighted by Gasteiger charge is 1.99. The van der Waals surface area contributed by atoms with Crippen molar-refractivity contribution in [2.45, 2.75) is 13.5 Å². The normalized spacial score (nSPS) is 9.93. The van der Waals surface area contributed by atoms with Crippen LogP contribution in [0.1, 0.15) is 12.5 Å². The largest absolute Gasteiger partial charge is 0.465 e. The second-order valence-electron chi connectivity index (χ2n) is 2.90. The molecule has 15 heavy (non-hydrogen) atoms. The van der Waals surface area contributed by atoms with Crippen LogP contribution < -0.4 is 5.48 Å². The van der Waals surface area contributed by atoms with E-state index in [-0.39, 0.29) is 12.5 Å². The lowest BCUT2D eigenvalue weighted by Gasteiger charge is -2.05. The van der Waals surface area contributed by atoms with E-state index in [4.69, 9.17) is 9.57 Å². The number of rotatable bonds is 6. The predicted octanol–water partition coefficient (Wildman–Crippen LogP) is 1.27. The van der Waals surface area contributed by atoms with Gasteiger partial charge in [-0.3, -0.25) is 9.63 Å². The smallest absolute Gasteiger partial charge is 0.322 e. The van der Waals surface area contributed by atoms with Gasteiger partial charge in [-0.2, -0.15) is 5.48 Å². The van der Waals surface area contributed by atoms with Crippen LogP contribution in [0.25, 0.3) is 0 Å². The van der Waals surface area contributed by atoms with Crippen molar-refractivity contribution in [3.63, 3.8) is 0 Å². The van der Waals surface area contributed by atoms with Crippen molar-refractivity contribution >= 4 is 5.97 Å². The van der Waals surface area contributed by atoms with Gasteiger partial charge in [-0.05, 0) is 12.5 Å². The van der Waals surface area contributed by atoms with Gasteiger partial charge in [0.2, 0.25) is 0 Å². The molecule has 0 fully saturated rings. The van der Waals surface area contributed by atoms with Gasteiger partial charge in [0.05, 0.1) is 13.2 Å². The van der Waals surface area contributed by atoms with Crippen molar-refractivity contribution in [1.29, 1.82) is 0 Å². The Balaban J connectivity index is 2.10. The minimum absolute atomic E-state index is 0.0701. The number of hydroxylamine groups is 1. The van der Waals surface area contributed by atoms with Crippen molar-refractivity contribution in [3.8, 4) is 0 Å². The number of hydrogen-bond acceptors (Lipinski definition) is 4. The molecule has 4 nitrogen and oxygen atoms in total. The second-order valence-corrected chi connectivity index (χ2v) is 2.90. The Morgan fingerprint density at radius 2 is 2.07 bits per heavy atom. The monoisotopic (exact) mass is 209 g/mol. The van der Waals surface area contributed by atoms with Gasteiger partial charge in [-0.25, -0.2) is 0 Å². The Morgan fingerprint density at radius 3 is 2.73 bits per heavy atom. The van der Waals surface area contributed by atoms with Crippen LogP contribution in [-0.4, -0.2) is 19.1 Å². The van der Waals surface area contributed by atoms with Crippen molar-refractivity contribution < 1.29 is 14.4 Å². The lowest BCUT2D eigenvalue weighted by atomic mass is 10.2. The van der Waals surface area contributed by atoms with Gasteiger partial charge in [0.15, 0.2) is 0 Å². The lowest BCUT2D eigenvalue weighted by Crippen LogP contribution is -2.24. The first-order valence-corrected chi connectivity index (χ1v) is 4.87. The molecule has 0 heterocycles. The molecule has 0 aliphatic carbocycles. The first-order chi connectivity index (χ1) is 7.33. The fraction of sp³-hybridized carbons (Fsp3) is 0.364. The second kappa shape index (κ2) is 6.98. The van der Waals surface area contributed by atoms with E-state index in [1.807, 2.05) is 30.3 Å². The number of carbonyl (C=O) groups excluding carboxylic acids is 1. The minimum Gasteiger partial charge on any atom is -0.465 e. The molecule has 0 amide bonds. The highest BCUT2D eigenvalue weighted by Crippen LogP contribution is 1.98. The van der Waals surface area contributed by atoms with Crippen molar-refractivity contribution in [3.05, 3.63) is 35.9 Å². The van der Waals surface area contributed by atoms with Gasteiger partial charge in [0.1, 0.15) is 6.54 Å². The summed E-state index contributed by atoms with van der Waals surface area (Å²) in [6.07, 6.45) is 0. The standard InChI is InChI=1S/C11H15NO3/c1-2-14-11(13)8-12-15-9-10-6-4-3-5-7-10/h3-7,12H,2,8-9H2,1H3. The Hall–Kier alpha value is -1.39. The van der Waals surface area contributed by atoms with E-state index < -0.39 is 0 Å². The summed E-state index contributed by atoms with van der Waals surface area (Å²) in [5.74, 6) is -0.314. The SMILES string of the molecule is CCOC(=O)CNOCc1ccccc1. The molecule has 0 spiro atoms. The molecule has 4 heteroatoms. The molecule has 0 unspecified atom stereocenters. The first-order valence-electron chi connectivity index (χ1n) is 4.87. The molecule has 0 saturated carbocycles. The molecule has 0 atom stereocenters. The molecule has 0 bridgehead atoms. The maximum atomic E-state index is 10.9. The molecular weight excluding hydrogens is 194 g/mol. The number of nitrogens with one attached hydrogen (secondary N) is 1. The molecule has 0 saturated heterocycles. The van der Waals surface area contributed by atoms with Crippen molar-refractivity contribution in [1.82, 2.24) is 5.48 Å². The summed E-state index contributed by atoms with van der Waals surface area (Å²) >= 11 is 0. The number of esters is 1. The maximum absolute atomic E-state index is 10.9. The fourth-order valence-corrected chi connectivity index (χ4v) is 1.03. The average molecular weight is 209 g/mol. The van der Waals surface area contributed by atoms with E-state index in [2.05, 4.69) is 5.48 Å². The molecule has 82 valence electrons. The van der Waals surface area contributed by atoms with Gasteiger partial charge >= 0.3 is 5.97 Å². The summed E-state index contributed by atoms with van der Waals surface area (Å²) < 4.78 is 4.71. The number of ether oxygens (including phenoxy) is 1. The molecular formula is C11H15NO3. The third kappa shape index (κ3) is 5.15. The van der Waals surface area contributed by atoms with E-state index in [9.17, 15) is 4.79 Å². The lowest BCUT2D eigenvalue weighted by molar-refractivity contribution is -0.145. The third-order valence-corrected chi connectivity index (χ3v) is 1.71. The summed E-state index contributed by atoms with van der Waals surface area (Å²) in [7, 11) is 0. The van der Waals surface area contributed by atoms with Crippen LogP contribution in [-0.2, 0) is 21.0 Å². The van der Waals surface area contributed by atoms with Gasteiger partial charge in [-0.15, -0.1) is 0 Å². The van der Waals surface area contributed by atoms with Gasteiger partial charge < -0.3 is 4.74 Å². The summed E-state index contributed by atoms with van der Waals surface area (Å²) in [5.41, 5.74) is 3.59. The molecule has 0 aromatic heterocycles. The molecule has 1 aromatic carbocycles. The molecule has 1 N–H and O–H groups in total. The van der Waals surface area contributed by atoms with Gasteiger partial charge in [0, 0.05) is 0 Å². The van der Waals surface area contributed by atoms with Gasteiger partial charge in [0.25, 0.3) is 0 Å². The fourth-order valence-electron chi connectivity index (χ4n) is 1.03. The van der Waals surface area contributed by atoms with Crippen LogP contribution in [0, 0.1) is 0 Å². The van der Waals surface area contributed by atoms with Crippen LogP contribution in [0.3, 0.4) is 0 Å². The number of benzene rings is 1. The summed E-state index contributed by atoms with van der Waals surface area (Å²) in [4.78, 5) is 16.0. The number of hydrogen-bond donors (Lipinski definition) is 1. The van der Waals surface area contributed by atoms with Crippen LogP contribution >= 0.6 is 0 Å². The molecule has 1 aromatic rings. The van der Waals surface area contributed by atoms with Crippen molar-refractivity contribution in [2.75, 3.05) is 13.2 Å². The summed E-state index contributed by atoms with van der Waals surface area (Å²) in [5, 5.41) is 0. The number of carbonyl (C=O) groups is 1. The van der Waals surface area contributed by atoms with Crippen LogP contribution in [0.15, 0.2) is 30.3 Å². The zero-order valence-electron chi connectivity index (χ0n) is 8.73. The molecule has 0 aliphatic rings. The maximum Gasteiger partial charge on any atom is 0.322 e. The van der Waals surface area contributed by atoms with Crippen LogP contribution in [0.2, 0.25) is 0 Å². The average Bonchev–Trinajstić information content (AvgIpc) is 2.26. The zero-order valence-corrected chi connectivity index (χ0v) is 8.73. The quantitative estimate of drug-likeness (QED) is 0.435. The van der Waals surface area contributed by atoms with Crippen LogP contribution in [0.5, 0.6) is 0 Å². The minimum atomic E-state index is -0.314. The zero-order chi connectivity index (χ0) is 10.9. The topological polar surface area (TPSA) is 47.6 Å². The van der Waals surface area contributed by atoms with E-state index in [0.29, 0.717) is 13.2 Å². The van der Waals surface area contributed by atoms with E-state index in [0.717, 1.165) is 5.56 Å². The first kappa shape index (κ1) is 11.7. The Kier molecular flexibility index (Phi) is 5.43. The van der Waals surface area contributed by atoms with E-state index in [1.54, 1.807) is 6.92 Å². The van der Waals surface area contributed by atoms with E-state index in [1.165, 1.54) is 0 Å². The molecule has 0 aliphatic heterocycles. The Bertz CT molecular complexity index is 287. The van der Waals surface area contributed by atoms with E-state index >= 15 is 0 Å². The van der Waals surface area contributed by atoms with Crippen molar-refractivity contribution in [2.24, 2.45) is 0 Å². The molecule has 1 rings (SSSR count). The Labute approximate surface area is 89.1 Å². The highest BCUT2D eigenvalue weighted by molar-refractivity contribution is 5.71. The summed E-state index contributed by atoms with van der Waals surface area (Å²) in [6.45, 7) is 2.66. The Morgan fingerprint density at radius 1 is 1.33 bits per heavy atom. The predicted molar refractivity (Wildman–Crippen MR) is 55.9 cm³/mol. The molecule has 0 radical (unpaired) electrons. The highest BCUT2D eigenvalue weighted by atomic mass is 16.6. The summed E-state index contributed by atoms with van der Waals surface area (Å²) in [6, 6.07) is 9.71. The van der Waals surface area contributed by atoms with Crippen LogP contribution in [0.4, 0.5) is 0 Å².